The van der Waals surface area contributed by atoms with Gasteiger partial charge in [-0.2, -0.15) is 0 Å². The number of carbonyl (C=O) groups excluding carboxylic acids is 2. The molecule has 0 aromatic heterocycles. The molecule has 1 aromatic rings. The van der Waals surface area contributed by atoms with Crippen molar-refractivity contribution in [1.82, 2.24) is 4.90 Å². The van der Waals surface area contributed by atoms with Crippen LogP contribution in [0.5, 0.6) is 0 Å². The monoisotopic (exact) mass is 341 g/mol. The zero-order chi connectivity index (χ0) is 17.6. The number of nitrogens with zero attached hydrogens (tertiary/aromatic N) is 1. The van der Waals surface area contributed by atoms with Crippen molar-refractivity contribution in [3.05, 3.63) is 47.5 Å². The zero-order valence-electron chi connectivity index (χ0n) is 14.9. The second-order valence-corrected chi connectivity index (χ2v) is 7.15. The van der Waals surface area contributed by atoms with E-state index < -0.39 is 6.09 Å². The van der Waals surface area contributed by atoms with Gasteiger partial charge in [-0.05, 0) is 50.0 Å². The standard InChI is InChI=1S/C21H27NO3/c1-16(18-10-6-3-7-11-18)12-13-20(23)22-19(15-25-21(22)24)14-17-8-4-2-5-9-17/h2,4-5,8-10,16,19H,3,6-7,11-15H2,1H3/t16-,19-/m0/s1. The molecule has 0 spiro atoms. The van der Waals surface area contributed by atoms with Gasteiger partial charge in [-0.25, -0.2) is 9.69 Å². The smallest absolute Gasteiger partial charge is 0.416 e. The first kappa shape index (κ1) is 17.7. The molecule has 0 radical (unpaired) electrons. The molecule has 134 valence electrons. The molecule has 4 heteroatoms. The van der Waals surface area contributed by atoms with Gasteiger partial charge in [0.15, 0.2) is 0 Å². The van der Waals surface area contributed by atoms with E-state index in [2.05, 4.69) is 13.0 Å². The quantitative estimate of drug-likeness (QED) is 0.716. The first-order valence-electron chi connectivity index (χ1n) is 9.37. The first-order chi connectivity index (χ1) is 12.1. The highest BCUT2D eigenvalue weighted by molar-refractivity contribution is 5.93. The molecule has 2 aliphatic rings. The average molecular weight is 341 g/mol. The summed E-state index contributed by atoms with van der Waals surface area (Å²) < 4.78 is 5.15. The third-order valence-electron chi connectivity index (χ3n) is 5.29. The Labute approximate surface area is 149 Å². The summed E-state index contributed by atoms with van der Waals surface area (Å²) in [6, 6.07) is 9.75. The second-order valence-electron chi connectivity index (χ2n) is 7.15. The fourth-order valence-electron chi connectivity index (χ4n) is 3.76. The van der Waals surface area contributed by atoms with E-state index in [-0.39, 0.29) is 11.9 Å². The number of cyclic esters (lactones) is 1. The predicted octanol–water partition coefficient (Wildman–Crippen LogP) is 4.49. The molecule has 25 heavy (non-hydrogen) atoms. The van der Waals surface area contributed by atoms with Gasteiger partial charge in [0.2, 0.25) is 5.91 Å². The van der Waals surface area contributed by atoms with Crippen LogP contribution in [-0.2, 0) is 16.0 Å². The molecule has 1 aliphatic carbocycles. The van der Waals surface area contributed by atoms with Gasteiger partial charge >= 0.3 is 6.09 Å². The highest BCUT2D eigenvalue weighted by Gasteiger charge is 2.37. The van der Waals surface area contributed by atoms with E-state index in [1.165, 1.54) is 23.3 Å². The normalized spacial score (nSPS) is 21.6. The Hall–Kier alpha value is -2.10. The van der Waals surface area contributed by atoms with E-state index in [0.717, 1.165) is 24.8 Å². The highest BCUT2D eigenvalue weighted by atomic mass is 16.6. The van der Waals surface area contributed by atoms with Crippen LogP contribution in [0.3, 0.4) is 0 Å². The minimum atomic E-state index is -0.490. The molecule has 1 aromatic carbocycles. The molecule has 1 fully saturated rings. The molecule has 0 saturated carbocycles. The van der Waals surface area contributed by atoms with Gasteiger partial charge < -0.3 is 4.74 Å². The Bertz CT molecular complexity index is 638. The van der Waals surface area contributed by atoms with Gasteiger partial charge in [-0.15, -0.1) is 0 Å². The van der Waals surface area contributed by atoms with Crippen molar-refractivity contribution in [2.75, 3.05) is 6.61 Å². The van der Waals surface area contributed by atoms with Crippen LogP contribution in [0.2, 0.25) is 0 Å². The van der Waals surface area contributed by atoms with Gasteiger partial charge in [0.05, 0.1) is 6.04 Å². The molecule has 2 atom stereocenters. The number of imide groups is 1. The Morgan fingerprint density at radius 2 is 2.08 bits per heavy atom. The fraction of sp³-hybridized carbons (Fsp3) is 0.524. The summed E-state index contributed by atoms with van der Waals surface area (Å²) in [7, 11) is 0. The minimum absolute atomic E-state index is 0.105. The lowest BCUT2D eigenvalue weighted by molar-refractivity contribution is -0.129. The van der Waals surface area contributed by atoms with Crippen LogP contribution in [0.25, 0.3) is 0 Å². The molecule has 0 unspecified atom stereocenters. The van der Waals surface area contributed by atoms with Gasteiger partial charge in [-0.1, -0.05) is 48.9 Å². The molecule has 4 nitrogen and oxygen atoms in total. The van der Waals surface area contributed by atoms with E-state index in [1.54, 1.807) is 0 Å². The third-order valence-corrected chi connectivity index (χ3v) is 5.29. The lowest BCUT2D eigenvalue weighted by atomic mass is 9.87. The number of amides is 2. The van der Waals surface area contributed by atoms with Crippen LogP contribution >= 0.6 is 0 Å². The zero-order valence-corrected chi connectivity index (χ0v) is 14.9. The molecular weight excluding hydrogens is 314 g/mol. The summed E-state index contributed by atoms with van der Waals surface area (Å²) in [6.07, 6.45) is 8.53. The van der Waals surface area contributed by atoms with Gasteiger partial charge in [-0.3, -0.25) is 4.79 Å². The minimum Gasteiger partial charge on any atom is -0.447 e. The fourth-order valence-corrected chi connectivity index (χ4v) is 3.76. The predicted molar refractivity (Wildman–Crippen MR) is 97.1 cm³/mol. The number of carbonyl (C=O) groups is 2. The van der Waals surface area contributed by atoms with Crippen molar-refractivity contribution >= 4 is 12.0 Å². The largest absolute Gasteiger partial charge is 0.447 e. The van der Waals surface area contributed by atoms with Crippen molar-refractivity contribution in [3.63, 3.8) is 0 Å². The maximum Gasteiger partial charge on any atom is 0.416 e. The SMILES string of the molecule is C[C@@H](CCC(=O)N1C(=O)OC[C@@H]1Cc1ccccc1)C1=CCCCC1. The average Bonchev–Trinajstić information content (AvgIpc) is 3.01. The summed E-state index contributed by atoms with van der Waals surface area (Å²) >= 11 is 0. The Morgan fingerprint density at radius 1 is 1.28 bits per heavy atom. The van der Waals surface area contributed by atoms with Crippen molar-refractivity contribution in [1.29, 1.82) is 0 Å². The van der Waals surface area contributed by atoms with Crippen molar-refractivity contribution in [3.8, 4) is 0 Å². The van der Waals surface area contributed by atoms with E-state index in [1.807, 2.05) is 30.3 Å². The number of rotatable bonds is 6. The van der Waals surface area contributed by atoms with Crippen LogP contribution in [0, 0.1) is 5.92 Å². The van der Waals surface area contributed by atoms with Crippen LogP contribution in [0.4, 0.5) is 4.79 Å². The first-order valence-corrected chi connectivity index (χ1v) is 9.37. The molecule has 0 N–H and O–H groups in total. The van der Waals surface area contributed by atoms with E-state index in [0.29, 0.717) is 25.4 Å². The van der Waals surface area contributed by atoms with E-state index >= 15 is 0 Å². The molecule has 2 amide bonds. The van der Waals surface area contributed by atoms with E-state index in [9.17, 15) is 9.59 Å². The Balaban J connectivity index is 1.57. The van der Waals surface area contributed by atoms with Crippen LogP contribution < -0.4 is 0 Å². The van der Waals surface area contributed by atoms with Gasteiger partial charge in [0, 0.05) is 6.42 Å². The maximum absolute atomic E-state index is 12.6. The molecule has 1 saturated heterocycles. The van der Waals surface area contributed by atoms with E-state index in [4.69, 9.17) is 4.74 Å². The topological polar surface area (TPSA) is 46.6 Å². The number of hydrogen-bond acceptors (Lipinski definition) is 3. The van der Waals surface area contributed by atoms with Crippen molar-refractivity contribution < 1.29 is 14.3 Å². The number of benzene rings is 1. The molecule has 0 bridgehead atoms. The third kappa shape index (κ3) is 4.50. The summed E-state index contributed by atoms with van der Waals surface area (Å²) in [5.74, 6) is 0.308. The van der Waals surface area contributed by atoms with Crippen molar-refractivity contribution in [2.45, 2.75) is 57.9 Å². The Morgan fingerprint density at radius 3 is 2.80 bits per heavy atom. The molecule has 3 rings (SSSR count). The summed E-state index contributed by atoms with van der Waals surface area (Å²) in [5.41, 5.74) is 2.59. The Kier molecular flexibility index (Phi) is 5.90. The lowest BCUT2D eigenvalue weighted by Gasteiger charge is -2.22. The number of allylic oxidation sites excluding steroid dienone is 2. The summed E-state index contributed by atoms with van der Waals surface area (Å²) in [4.78, 5) is 26.0. The number of ether oxygens (including phenoxy) is 1. The summed E-state index contributed by atoms with van der Waals surface area (Å²) in [5, 5.41) is 0. The van der Waals surface area contributed by atoms with Crippen molar-refractivity contribution in [2.24, 2.45) is 5.92 Å². The maximum atomic E-state index is 12.6. The van der Waals surface area contributed by atoms with Gasteiger partial charge in [0.25, 0.3) is 0 Å². The molecule has 1 heterocycles. The highest BCUT2D eigenvalue weighted by Crippen LogP contribution is 2.28. The second kappa shape index (κ2) is 8.32. The summed E-state index contributed by atoms with van der Waals surface area (Å²) in [6.45, 7) is 2.48. The lowest BCUT2D eigenvalue weighted by Crippen LogP contribution is -2.40. The van der Waals surface area contributed by atoms with Crippen LogP contribution in [0.15, 0.2) is 42.0 Å². The number of hydrogen-bond donors (Lipinski definition) is 0. The molecular formula is C21H27NO3. The molecule has 1 aliphatic heterocycles. The van der Waals surface area contributed by atoms with Crippen LogP contribution in [0.1, 0.15) is 51.0 Å². The van der Waals surface area contributed by atoms with Gasteiger partial charge in [0.1, 0.15) is 6.61 Å². The van der Waals surface area contributed by atoms with Crippen LogP contribution in [-0.4, -0.2) is 29.5 Å².